The second-order valence-corrected chi connectivity index (χ2v) is 6.76. The first-order chi connectivity index (χ1) is 10.6. The molecule has 2 aliphatic rings. The summed E-state index contributed by atoms with van der Waals surface area (Å²) in [4.78, 5) is 11.0. The van der Waals surface area contributed by atoms with Crippen LogP contribution in [0.4, 0.5) is 8.78 Å². The van der Waals surface area contributed by atoms with E-state index in [9.17, 15) is 13.6 Å². The van der Waals surface area contributed by atoms with Gasteiger partial charge in [0.15, 0.2) is 17.4 Å². The number of benzene rings is 1. The molecule has 1 aromatic carbocycles. The van der Waals surface area contributed by atoms with Gasteiger partial charge in [0.2, 0.25) is 0 Å². The lowest BCUT2D eigenvalue weighted by Crippen LogP contribution is -2.31. The van der Waals surface area contributed by atoms with Crippen LogP contribution >= 0.6 is 0 Å². The van der Waals surface area contributed by atoms with Gasteiger partial charge in [0.05, 0.1) is 7.11 Å². The lowest BCUT2D eigenvalue weighted by atomic mass is 9.64. The second-order valence-electron chi connectivity index (χ2n) is 6.76. The quantitative estimate of drug-likeness (QED) is 0.770. The van der Waals surface area contributed by atoms with Crippen molar-refractivity contribution in [2.24, 2.45) is 17.8 Å². The van der Waals surface area contributed by atoms with Crippen LogP contribution in [0.3, 0.4) is 0 Å². The third-order valence-electron chi connectivity index (χ3n) is 5.54. The summed E-state index contributed by atoms with van der Waals surface area (Å²) in [6.45, 7) is 0. The molecule has 2 nitrogen and oxygen atoms in total. The highest BCUT2D eigenvalue weighted by molar-refractivity contribution is 5.53. The van der Waals surface area contributed by atoms with E-state index in [4.69, 9.17) is 4.74 Å². The summed E-state index contributed by atoms with van der Waals surface area (Å²) < 4.78 is 32.5. The molecule has 3 rings (SSSR count). The maximum atomic E-state index is 13.9. The van der Waals surface area contributed by atoms with E-state index in [2.05, 4.69) is 0 Å². The lowest BCUT2D eigenvalue weighted by molar-refractivity contribution is -0.113. The van der Waals surface area contributed by atoms with E-state index in [-0.39, 0.29) is 17.6 Å². The summed E-state index contributed by atoms with van der Waals surface area (Å²) in [5.74, 6) is 0.0754. The number of hydrogen-bond donors (Lipinski definition) is 0. The highest BCUT2D eigenvalue weighted by atomic mass is 19.1. The van der Waals surface area contributed by atoms with Crippen molar-refractivity contribution in [1.82, 2.24) is 0 Å². The van der Waals surface area contributed by atoms with Crippen LogP contribution < -0.4 is 4.74 Å². The van der Waals surface area contributed by atoms with Crippen LogP contribution in [-0.2, 0) is 4.79 Å². The topological polar surface area (TPSA) is 26.3 Å². The summed E-state index contributed by atoms with van der Waals surface area (Å²) >= 11 is 0. The van der Waals surface area contributed by atoms with Gasteiger partial charge >= 0.3 is 0 Å². The second kappa shape index (κ2) is 6.35. The number of carbonyl (C=O) groups excluding carboxylic acids is 1. The van der Waals surface area contributed by atoms with E-state index < -0.39 is 11.6 Å². The molecule has 0 amide bonds. The molecule has 2 aliphatic carbocycles. The molecule has 0 N–H and O–H groups in total. The minimum absolute atomic E-state index is 0.212. The van der Waals surface area contributed by atoms with Gasteiger partial charge in [-0.2, -0.15) is 0 Å². The van der Waals surface area contributed by atoms with Gasteiger partial charge in [-0.3, -0.25) is 0 Å². The predicted octanol–water partition coefficient (Wildman–Crippen LogP) is 4.47. The standard InChI is InChI=1S/C18H22F2O2/c1-22-18-16(19)8-15(9-17(18)20)14-5-4-12-6-11(10-21)2-3-13(12)7-14/h8-14H,2-7H2,1H3/t11-,12-,13-,14?/m1/s1. The Morgan fingerprint density at radius 1 is 1.05 bits per heavy atom. The number of carbonyl (C=O) groups is 1. The van der Waals surface area contributed by atoms with Gasteiger partial charge in [0.1, 0.15) is 6.29 Å². The Morgan fingerprint density at radius 3 is 2.32 bits per heavy atom. The zero-order valence-corrected chi connectivity index (χ0v) is 12.9. The monoisotopic (exact) mass is 308 g/mol. The van der Waals surface area contributed by atoms with E-state index in [0.717, 1.165) is 50.4 Å². The van der Waals surface area contributed by atoms with Gasteiger partial charge in [0.25, 0.3) is 0 Å². The third-order valence-corrected chi connectivity index (χ3v) is 5.54. The van der Waals surface area contributed by atoms with Crippen molar-refractivity contribution in [1.29, 1.82) is 0 Å². The normalized spacial score (nSPS) is 31.4. The molecule has 0 spiro atoms. The molecule has 4 atom stereocenters. The Morgan fingerprint density at radius 2 is 1.68 bits per heavy atom. The zero-order valence-electron chi connectivity index (χ0n) is 12.9. The number of ether oxygens (including phenoxy) is 1. The number of aldehydes is 1. The Kier molecular flexibility index (Phi) is 4.46. The average molecular weight is 308 g/mol. The minimum Gasteiger partial charge on any atom is -0.491 e. The fourth-order valence-electron chi connectivity index (χ4n) is 4.36. The first kappa shape index (κ1) is 15.4. The number of fused-ring (bicyclic) bond motifs is 1. The van der Waals surface area contributed by atoms with Crippen molar-refractivity contribution in [3.05, 3.63) is 29.3 Å². The molecule has 22 heavy (non-hydrogen) atoms. The smallest absolute Gasteiger partial charge is 0.190 e. The molecule has 1 aromatic rings. The molecule has 0 saturated heterocycles. The fraction of sp³-hybridized carbons (Fsp3) is 0.611. The van der Waals surface area contributed by atoms with Crippen LogP contribution in [0.5, 0.6) is 5.75 Å². The first-order valence-electron chi connectivity index (χ1n) is 8.10. The van der Waals surface area contributed by atoms with Gasteiger partial charge in [-0.1, -0.05) is 0 Å². The largest absolute Gasteiger partial charge is 0.491 e. The summed E-state index contributed by atoms with van der Waals surface area (Å²) in [5, 5.41) is 0. The molecule has 0 aliphatic heterocycles. The summed E-state index contributed by atoms with van der Waals surface area (Å²) in [6, 6.07) is 2.84. The maximum absolute atomic E-state index is 13.9. The number of rotatable bonds is 3. The highest BCUT2D eigenvalue weighted by Crippen LogP contribution is 2.47. The molecule has 1 unspecified atom stereocenters. The molecular formula is C18H22F2O2. The van der Waals surface area contributed by atoms with Crippen LogP contribution in [0, 0.1) is 29.4 Å². The highest BCUT2D eigenvalue weighted by Gasteiger charge is 2.36. The molecule has 0 heterocycles. The van der Waals surface area contributed by atoms with Crippen molar-refractivity contribution >= 4 is 6.29 Å². The number of halogens is 2. The van der Waals surface area contributed by atoms with Gasteiger partial charge in [-0.05, 0) is 74.0 Å². The van der Waals surface area contributed by atoms with Crippen LogP contribution in [0.1, 0.15) is 50.0 Å². The average Bonchev–Trinajstić information content (AvgIpc) is 2.53. The van der Waals surface area contributed by atoms with E-state index in [1.54, 1.807) is 0 Å². The van der Waals surface area contributed by atoms with E-state index in [1.807, 2.05) is 0 Å². The van der Waals surface area contributed by atoms with Crippen molar-refractivity contribution < 1.29 is 18.3 Å². The van der Waals surface area contributed by atoms with Crippen molar-refractivity contribution in [2.45, 2.75) is 44.4 Å². The van der Waals surface area contributed by atoms with E-state index in [0.29, 0.717) is 11.8 Å². The van der Waals surface area contributed by atoms with Gasteiger partial charge in [-0.15, -0.1) is 0 Å². The molecule has 4 heteroatoms. The molecule has 0 radical (unpaired) electrons. The Bertz CT molecular complexity index is 535. The van der Waals surface area contributed by atoms with Crippen molar-refractivity contribution in [3.63, 3.8) is 0 Å². The molecule has 2 fully saturated rings. The molecule has 0 bridgehead atoms. The van der Waals surface area contributed by atoms with Crippen LogP contribution in [0.25, 0.3) is 0 Å². The van der Waals surface area contributed by atoms with Gasteiger partial charge < -0.3 is 9.53 Å². The molecule has 120 valence electrons. The SMILES string of the molecule is COc1c(F)cc(C2CC[C@@H]3C[C@H](C=O)CC[C@@H]3C2)cc1F. The molecule has 2 saturated carbocycles. The van der Waals surface area contributed by atoms with Gasteiger partial charge in [0, 0.05) is 5.92 Å². The van der Waals surface area contributed by atoms with E-state index in [1.165, 1.54) is 19.2 Å². The number of hydrogen-bond acceptors (Lipinski definition) is 2. The Labute approximate surface area is 129 Å². The molecular weight excluding hydrogens is 286 g/mol. The lowest BCUT2D eigenvalue weighted by Gasteiger charge is -2.41. The maximum Gasteiger partial charge on any atom is 0.190 e. The minimum atomic E-state index is -0.621. The Balaban J connectivity index is 1.74. The summed E-state index contributed by atoms with van der Waals surface area (Å²) in [7, 11) is 1.28. The summed E-state index contributed by atoms with van der Waals surface area (Å²) in [5.41, 5.74) is 0.742. The third kappa shape index (κ3) is 2.88. The van der Waals surface area contributed by atoms with E-state index >= 15 is 0 Å². The van der Waals surface area contributed by atoms with Crippen LogP contribution in [0.2, 0.25) is 0 Å². The predicted molar refractivity (Wildman–Crippen MR) is 79.9 cm³/mol. The molecule has 0 aromatic heterocycles. The summed E-state index contributed by atoms with van der Waals surface area (Å²) in [6.07, 6.45) is 7.07. The van der Waals surface area contributed by atoms with Crippen molar-refractivity contribution in [3.8, 4) is 5.75 Å². The zero-order chi connectivity index (χ0) is 15.7. The van der Waals surface area contributed by atoms with Gasteiger partial charge in [-0.25, -0.2) is 8.78 Å². The fourth-order valence-corrected chi connectivity index (χ4v) is 4.36. The Hall–Kier alpha value is -1.45. The van der Waals surface area contributed by atoms with Crippen LogP contribution in [0.15, 0.2) is 12.1 Å². The first-order valence-corrected chi connectivity index (χ1v) is 8.10. The number of methoxy groups -OCH3 is 1. The van der Waals surface area contributed by atoms with Crippen LogP contribution in [-0.4, -0.2) is 13.4 Å². The van der Waals surface area contributed by atoms with Crippen molar-refractivity contribution in [2.75, 3.05) is 7.11 Å².